The van der Waals surface area contributed by atoms with E-state index < -0.39 is 0 Å². The first-order chi connectivity index (χ1) is 12.1. The number of rotatable bonds is 6. The Labute approximate surface area is 149 Å². The van der Waals surface area contributed by atoms with Crippen molar-refractivity contribution in [1.29, 1.82) is 0 Å². The smallest absolute Gasteiger partial charge is 0.221 e. The molecule has 0 spiro atoms. The third-order valence-electron chi connectivity index (χ3n) is 4.29. The number of nitrogens with zero attached hydrogens (tertiary/aromatic N) is 3. The van der Waals surface area contributed by atoms with E-state index in [0.717, 1.165) is 23.9 Å². The summed E-state index contributed by atoms with van der Waals surface area (Å²) >= 11 is 0. The summed E-state index contributed by atoms with van der Waals surface area (Å²) in [6, 6.07) is 10.5. The van der Waals surface area contributed by atoms with Crippen LogP contribution < -0.4 is 9.64 Å². The van der Waals surface area contributed by atoms with Gasteiger partial charge in [-0.3, -0.25) is 4.98 Å². The van der Waals surface area contributed by atoms with Crippen LogP contribution in [0.25, 0.3) is 10.8 Å². The maximum absolute atomic E-state index is 5.91. The average Bonchev–Trinajstić information content (AvgIpc) is 2.62. The molecule has 2 aromatic heterocycles. The van der Waals surface area contributed by atoms with Gasteiger partial charge in [0.2, 0.25) is 5.88 Å². The molecule has 25 heavy (non-hydrogen) atoms. The number of anilines is 1. The largest absolute Gasteiger partial charge is 0.475 e. The predicted octanol–water partition coefficient (Wildman–Crippen LogP) is 4.40. The van der Waals surface area contributed by atoms with Crippen molar-refractivity contribution in [3.05, 3.63) is 60.0 Å². The third-order valence-corrected chi connectivity index (χ3v) is 4.29. The van der Waals surface area contributed by atoms with Crippen molar-refractivity contribution in [2.75, 3.05) is 18.5 Å². The second-order valence-corrected chi connectivity index (χ2v) is 6.64. The van der Waals surface area contributed by atoms with Gasteiger partial charge >= 0.3 is 0 Å². The molecule has 0 aliphatic heterocycles. The Morgan fingerprint density at radius 1 is 1.12 bits per heavy atom. The first-order valence-corrected chi connectivity index (χ1v) is 8.71. The number of benzene rings is 1. The second kappa shape index (κ2) is 7.51. The molecule has 3 aromatic rings. The number of hydrogen-bond donors (Lipinski definition) is 0. The Kier molecular flexibility index (Phi) is 5.17. The number of fused-ring (bicyclic) bond motifs is 1. The Morgan fingerprint density at radius 2 is 1.88 bits per heavy atom. The molecule has 0 saturated heterocycles. The van der Waals surface area contributed by atoms with Gasteiger partial charge in [0.15, 0.2) is 0 Å². The van der Waals surface area contributed by atoms with Crippen molar-refractivity contribution in [2.45, 2.75) is 33.3 Å². The molecule has 130 valence electrons. The summed E-state index contributed by atoms with van der Waals surface area (Å²) < 4.78 is 5.91. The van der Waals surface area contributed by atoms with Gasteiger partial charge in [0.1, 0.15) is 0 Å². The van der Waals surface area contributed by atoms with E-state index >= 15 is 0 Å². The molecule has 3 rings (SSSR count). The zero-order chi connectivity index (χ0) is 17.8. The van der Waals surface area contributed by atoms with Crippen LogP contribution in [0.4, 0.5) is 5.69 Å². The molecule has 0 amide bonds. The number of hydrogen-bond acceptors (Lipinski definition) is 4. The fourth-order valence-electron chi connectivity index (χ4n) is 3.02. The summed E-state index contributed by atoms with van der Waals surface area (Å²) in [6.45, 7) is 7.09. The highest BCUT2D eigenvalue weighted by molar-refractivity contribution is 5.99. The van der Waals surface area contributed by atoms with Gasteiger partial charge in [-0.15, -0.1) is 0 Å². The fourth-order valence-corrected chi connectivity index (χ4v) is 3.02. The van der Waals surface area contributed by atoms with Crippen LogP contribution in [0, 0.1) is 6.92 Å². The van der Waals surface area contributed by atoms with Crippen LogP contribution in [0.3, 0.4) is 0 Å². The second-order valence-electron chi connectivity index (χ2n) is 6.64. The molecular formula is C21H25N3O. The topological polar surface area (TPSA) is 38.2 Å². The van der Waals surface area contributed by atoms with Crippen molar-refractivity contribution in [3.8, 4) is 5.88 Å². The fraction of sp³-hybridized carbons (Fsp3) is 0.333. The van der Waals surface area contributed by atoms with E-state index in [1.54, 1.807) is 0 Å². The van der Waals surface area contributed by atoms with E-state index in [1.807, 2.05) is 32.4 Å². The van der Waals surface area contributed by atoms with Crippen LogP contribution in [0.5, 0.6) is 5.88 Å². The minimum absolute atomic E-state index is 0.103. The SMILES string of the molecule is Cc1cnc(OC(C)C)c2cccc(N(C)CCc3ccncc3)c12. The maximum Gasteiger partial charge on any atom is 0.221 e. The molecule has 0 unspecified atom stereocenters. The van der Waals surface area contributed by atoms with E-state index in [0.29, 0.717) is 5.88 Å². The van der Waals surface area contributed by atoms with E-state index in [4.69, 9.17) is 4.74 Å². The van der Waals surface area contributed by atoms with Crippen LogP contribution in [-0.2, 0) is 6.42 Å². The zero-order valence-electron chi connectivity index (χ0n) is 15.4. The van der Waals surface area contributed by atoms with Gasteiger partial charge < -0.3 is 9.64 Å². The quantitative estimate of drug-likeness (QED) is 0.669. The van der Waals surface area contributed by atoms with Crippen LogP contribution >= 0.6 is 0 Å². The summed E-state index contributed by atoms with van der Waals surface area (Å²) in [5.41, 5.74) is 3.67. The summed E-state index contributed by atoms with van der Waals surface area (Å²) in [6.07, 6.45) is 6.68. The molecule has 1 aromatic carbocycles. The van der Waals surface area contributed by atoms with Gasteiger partial charge in [-0.25, -0.2) is 4.98 Å². The molecule has 0 aliphatic rings. The van der Waals surface area contributed by atoms with Gasteiger partial charge in [-0.05, 0) is 62.6 Å². The molecule has 2 heterocycles. The van der Waals surface area contributed by atoms with Gasteiger partial charge in [-0.2, -0.15) is 0 Å². The number of ether oxygens (including phenoxy) is 1. The molecule has 0 N–H and O–H groups in total. The lowest BCUT2D eigenvalue weighted by atomic mass is 10.0. The summed E-state index contributed by atoms with van der Waals surface area (Å²) in [5, 5.41) is 2.28. The molecule has 0 bridgehead atoms. The summed E-state index contributed by atoms with van der Waals surface area (Å²) in [4.78, 5) is 10.9. The molecule has 4 nitrogen and oxygen atoms in total. The highest BCUT2D eigenvalue weighted by Crippen LogP contribution is 2.34. The van der Waals surface area contributed by atoms with Crippen LogP contribution in [0.1, 0.15) is 25.0 Å². The normalized spacial score (nSPS) is 11.1. The average molecular weight is 335 g/mol. The predicted molar refractivity (Wildman–Crippen MR) is 103 cm³/mol. The van der Waals surface area contributed by atoms with Crippen molar-refractivity contribution in [1.82, 2.24) is 9.97 Å². The molecule has 0 fully saturated rings. The zero-order valence-corrected chi connectivity index (χ0v) is 15.4. The van der Waals surface area contributed by atoms with E-state index in [-0.39, 0.29) is 6.10 Å². The maximum atomic E-state index is 5.91. The van der Waals surface area contributed by atoms with E-state index in [9.17, 15) is 0 Å². The lowest BCUT2D eigenvalue weighted by Crippen LogP contribution is -2.21. The first kappa shape index (κ1) is 17.2. The molecule has 0 atom stereocenters. The monoisotopic (exact) mass is 335 g/mol. The lowest BCUT2D eigenvalue weighted by molar-refractivity contribution is 0.236. The molecule has 4 heteroatoms. The summed E-state index contributed by atoms with van der Waals surface area (Å²) in [5.74, 6) is 0.708. The van der Waals surface area contributed by atoms with Crippen molar-refractivity contribution < 1.29 is 4.74 Å². The minimum Gasteiger partial charge on any atom is -0.475 e. The van der Waals surface area contributed by atoms with Gasteiger partial charge in [0, 0.05) is 48.6 Å². The molecule has 0 radical (unpaired) electrons. The Hall–Kier alpha value is -2.62. The van der Waals surface area contributed by atoms with E-state index in [1.165, 1.54) is 16.6 Å². The standard InChI is InChI=1S/C21H25N3O/c1-15(2)25-21-18-6-5-7-19(20(18)16(3)14-23-21)24(4)13-10-17-8-11-22-12-9-17/h5-9,11-12,14-15H,10,13H2,1-4H3. The van der Waals surface area contributed by atoms with Crippen molar-refractivity contribution in [2.24, 2.45) is 0 Å². The molecule has 0 aliphatic carbocycles. The first-order valence-electron chi connectivity index (χ1n) is 8.71. The van der Waals surface area contributed by atoms with E-state index in [2.05, 4.69) is 59.2 Å². The Morgan fingerprint density at radius 3 is 2.60 bits per heavy atom. The van der Waals surface area contributed by atoms with Crippen LogP contribution in [0.15, 0.2) is 48.9 Å². The number of pyridine rings is 2. The van der Waals surface area contributed by atoms with Crippen molar-refractivity contribution >= 4 is 16.5 Å². The number of aryl methyl sites for hydroxylation is 1. The van der Waals surface area contributed by atoms with Crippen LogP contribution in [-0.4, -0.2) is 29.7 Å². The number of aromatic nitrogens is 2. The Bertz CT molecular complexity index is 846. The summed E-state index contributed by atoms with van der Waals surface area (Å²) in [7, 11) is 2.14. The highest BCUT2D eigenvalue weighted by Gasteiger charge is 2.13. The third kappa shape index (κ3) is 3.90. The minimum atomic E-state index is 0.103. The van der Waals surface area contributed by atoms with Gasteiger partial charge in [-0.1, -0.05) is 6.07 Å². The van der Waals surface area contributed by atoms with Gasteiger partial charge in [0.25, 0.3) is 0 Å². The highest BCUT2D eigenvalue weighted by atomic mass is 16.5. The number of likely N-dealkylation sites (N-methyl/N-ethyl adjacent to an activating group) is 1. The Balaban J connectivity index is 1.93. The molecular weight excluding hydrogens is 310 g/mol. The van der Waals surface area contributed by atoms with Crippen molar-refractivity contribution in [3.63, 3.8) is 0 Å². The molecule has 0 saturated carbocycles. The lowest BCUT2D eigenvalue weighted by Gasteiger charge is -2.23. The van der Waals surface area contributed by atoms with Gasteiger partial charge in [0.05, 0.1) is 6.10 Å². The van der Waals surface area contributed by atoms with Crippen LogP contribution in [0.2, 0.25) is 0 Å².